The first-order valence-corrected chi connectivity index (χ1v) is 9.03. The van der Waals surface area contributed by atoms with Crippen molar-refractivity contribution in [1.82, 2.24) is 10.2 Å². The fourth-order valence-electron chi connectivity index (χ4n) is 2.76. The van der Waals surface area contributed by atoms with Crippen LogP contribution in [0.5, 0.6) is 0 Å². The SMILES string of the molecule is CC1(c2cccc(Br)c2)NC(=O)N(CC(=O)Nc2ccc(Cl)cc2F)C1=O. The van der Waals surface area contributed by atoms with E-state index in [1.807, 2.05) is 0 Å². The average molecular weight is 455 g/mol. The van der Waals surface area contributed by atoms with E-state index in [0.29, 0.717) is 5.56 Å². The molecule has 3 rings (SSSR count). The maximum absolute atomic E-state index is 13.8. The zero-order valence-corrected chi connectivity index (χ0v) is 16.4. The van der Waals surface area contributed by atoms with E-state index in [1.54, 1.807) is 31.2 Å². The smallest absolute Gasteiger partial charge is 0.322 e. The number of rotatable bonds is 4. The summed E-state index contributed by atoms with van der Waals surface area (Å²) in [5.41, 5.74) is -0.819. The highest BCUT2D eigenvalue weighted by Gasteiger charge is 2.49. The molecule has 2 aromatic rings. The first-order chi connectivity index (χ1) is 12.7. The third kappa shape index (κ3) is 3.81. The molecule has 1 aliphatic heterocycles. The Morgan fingerprint density at radius 2 is 2.04 bits per heavy atom. The van der Waals surface area contributed by atoms with Gasteiger partial charge >= 0.3 is 6.03 Å². The molecule has 0 bridgehead atoms. The summed E-state index contributed by atoms with van der Waals surface area (Å²) in [6, 6.07) is 10.0. The Bertz CT molecular complexity index is 955. The van der Waals surface area contributed by atoms with Gasteiger partial charge in [-0.05, 0) is 42.8 Å². The second kappa shape index (κ2) is 7.28. The van der Waals surface area contributed by atoms with Gasteiger partial charge in [0.15, 0.2) is 0 Å². The molecule has 0 aromatic heterocycles. The molecular formula is C18H14BrClFN3O3. The largest absolute Gasteiger partial charge is 0.325 e. The number of halogens is 3. The van der Waals surface area contributed by atoms with Crippen LogP contribution >= 0.6 is 27.5 Å². The van der Waals surface area contributed by atoms with E-state index in [-0.39, 0.29) is 10.7 Å². The number of hydrogen-bond acceptors (Lipinski definition) is 3. The summed E-state index contributed by atoms with van der Waals surface area (Å²) in [7, 11) is 0. The molecule has 1 atom stereocenters. The second-order valence-electron chi connectivity index (χ2n) is 6.13. The highest BCUT2D eigenvalue weighted by atomic mass is 79.9. The molecule has 140 valence electrons. The topological polar surface area (TPSA) is 78.5 Å². The van der Waals surface area contributed by atoms with Crippen LogP contribution in [0.4, 0.5) is 14.9 Å². The highest BCUT2D eigenvalue weighted by Crippen LogP contribution is 2.30. The first-order valence-electron chi connectivity index (χ1n) is 7.86. The Kier molecular flexibility index (Phi) is 5.21. The number of nitrogens with one attached hydrogen (secondary N) is 2. The normalized spacial score (nSPS) is 19.2. The van der Waals surface area contributed by atoms with Gasteiger partial charge in [-0.25, -0.2) is 9.18 Å². The van der Waals surface area contributed by atoms with E-state index < -0.39 is 35.7 Å². The van der Waals surface area contributed by atoms with Gasteiger partial charge in [0.2, 0.25) is 5.91 Å². The zero-order chi connectivity index (χ0) is 19.8. The van der Waals surface area contributed by atoms with E-state index in [2.05, 4.69) is 26.6 Å². The zero-order valence-electron chi connectivity index (χ0n) is 14.1. The lowest BCUT2D eigenvalue weighted by molar-refractivity contribution is -0.133. The van der Waals surface area contributed by atoms with Crippen molar-refractivity contribution in [2.45, 2.75) is 12.5 Å². The number of amides is 4. The number of nitrogens with zero attached hydrogens (tertiary/aromatic N) is 1. The Morgan fingerprint density at radius 1 is 1.30 bits per heavy atom. The molecule has 9 heteroatoms. The molecule has 1 heterocycles. The average Bonchev–Trinajstić information content (AvgIpc) is 2.82. The van der Waals surface area contributed by atoms with Crippen LogP contribution in [0.15, 0.2) is 46.9 Å². The van der Waals surface area contributed by atoms with Gasteiger partial charge in [-0.3, -0.25) is 14.5 Å². The van der Waals surface area contributed by atoms with Crippen LogP contribution in [0.1, 0.15) is 12.5 Å². The minimum absolute atomic E-state index is 0.0915. The Balaban J connectivity index is 1.76. The summed E-state index contributed by atoms with van der Waals surface area (Å²) < 4.78 is 14.5. The third-order valence-corrected chi connectivity index (χ3v) is 4.91. The van der Waals surface area contributed by atoms with E-state index in [9.17, 15) is 18.8 Å². The number of urea groups is 1. The Labute approximate surface area is 167 Å². The van der Waals surface area contributed by atoms with Crippen LogP contribution in [-0.2, 0) is 15.1 Å². The summed E-state index contributed by atoms with van der Waals surface area (Å²) >= 11 is 8.99. The lowest BCUT2D eigenvalue weighted by Gasteiger charge is -2.22. The van der Waals surface area contributed by atoms with Crippen LogP contribution in [0, 0.1) is 5.82 Å². The molecule has 6 nitrogen and oxygen atoms in total. The number of carbonyl (C=O) groups is 3. The van der Waals surface area contributed by atoms with Crippen molar-refractivity contribution in [3.05, 3.63) is 63.3 Å². The van der Waals surface area contributed by atoms with Crippen LogP contribution in [0.25, 0.3) is 0 Å². The van der Waals surface area contributed by atoms with Crippen molar-refractivity contribution in [1.29, 1.82) is 0 Å². The van der Waals surface area contributed by atoms with Gasteiger partial charge in [-0.15, -0.1) is 0 Å². The number of carbonyl (C=O) groups excluding carboxylic acids is 3. The lowest BCUT2D eigenvalue weighted by atomic mass is 9.92. The van der Waals surface area contributed by atoms with E-state index in [1.165, 1.54) is 12.1 Å². The number of hydrogen-bond donors (Lipinski definition) is 2. The number of anilines is 1. The maximum atomic E-state index is 13.8. The molecule has 1 fully saturated rings. The van der Waals surface area contributed by atoms with Crippen molar-refractivity contribution >= 4 is 51.1 Å². The number of imide groups is 1. The molecule has 4 amide bonds. The first kappa shape index (κ1) is 19.3. The van der Waals surface area contributed by atoms with E-state index in [4.69, 9.17) is 11.6 Å². The quantitative estimate of drug-likeness (QED) is 0.692. The molecule has 1 saturated heterocycles. The van der Waals surface area contributed by atoms with Crippen LogP contribution in [0.3, 0.4) is 0 Å². The molecule has 0 saturated carbocycles. The summed E-state index contributed by atoms with van der Waals surface area (Å²) in [5, 5.41) is 5.12. The maximum Gasteiger partial charge on any atom is 0.325 e. The fourth-order valence-corrected chi connectivity index (χ4v) is 3.32. The summed E-state index contributed by atoms with van der Waals surface area (Å²) in [5.74, 6) is -2.00. The van der Waals surface area contributed by atoms with Crippen molar-refractivity contribution in [2.75, 3.05) is 11.9 Å². The lowest BCUT2D eigenvalue weighted by Crippen LogP contribution is -2.42. The number of benzene rings is 2. The van der Waals surface area contributed by atoms with Gasteiger partial charge < -0.3 is 10.6 Å². The van der Waals surface area contributed by atoms with Crippen molar-refractivity contribution in [3.63, 3.8) is 0 Å². The van der Waals surface area contributed by atoms with Crippen molar-refractivity contribution < 1.29 is 18.8 Å². The molecule has 1 aliphatic rings. The minimum atomic E-state index is -1.30. The molecule has 2 aromatic carbocycles. The molecule has 2 N–H and O–H groups in total. The molecule has 27 heavy (non-hydrogen) atoms. The van der Waals surface area contributed by atoms with Gasteiger partial charge in [-0.2, -0.15) is 0 Å². The monoisotopic (exact) mass is 453 g/mol. The van der Waals surface area contributed by atoms with Gasteiger partial charge in [0.25, 0.3) is 5.91 Å². The van der Waals surface area contributed by atoms with E-state index in [0.717, 1.165) is 15.4 Å². The van der Waals surface area contributed by atoms with Gasteiger partial charge in [0, 0.05) is 9.50 Å². The predicted octanol–water partition coefficient (Wildman–Crippen LogP) is 3.65. The molecular weight excluding hydrogens is 441 g/mol. The Morgan fingerprint density at radius 3 is 2.70 bits per heavy atom. The molecule has 0 spiro atoms. The third-order valence-electron chi connectivity index (χ3n) is 4.18. The summed E-state index contributed by atoms with van der Waals surface area (Å²) in [6.07, 6.45) is 0. The summed E-state index contributed by atoms with van der Waals surface area (Å²) in [4.78, 5) is 38.1. The van der Waals surface area contributed by atoms with Gasteiger partial charge in [0.05, 0.1) is 5.69 Å². The fraction of sp³-hybridized carbons (Fsp3) is 0.167. The summed E-state index contributed by atoms with van der Waals surface area (Å²) in [6.45, 7) is 1.02. The second-order valence-corrected chi connectivity index (χ2v) is 7.48. The minimum Gasteiger partial charge on any atom is -0.322 e. The Hall–Kier alpha value is -2.45. The standard InChI is InChI=1S/C18H14BrClFN3O3/c1-18(10-3-2-4-11(19)7-10)16(26)24(17(27)23-18)9-15(25)22-14-6-5-12(20)8-13(14)21/h2-8H,9H2,1H3,(H,22,25)(H,23,27). The van der Waals surface area contributed by atoms with Crippen molar-refractivity contribution in [2.24, 2.45) is 0 Å². The molecule has 1 unspecified atom stereocenters. The van der Waals surface area contributed by atoms with Crippen LogP contribution in [-0.4, -0.2) is 29.3 Å². The van der Waals surface area contributed by atoms with E-state index >= 15 is 0 Å². The van der Waals surface area contributed by atoms with Crippen LogP contribution < -0.4 is 10.6 Å². The van der Waals surface area contributed by atoms with Crippen LogP contribution in [0.2, 0.25) is 5.02 Å². The predicted molar refractivity (Wildman–Crippen MR) is 102 cm³/mol. The van der Waals surface area contributed by atoms with Crippen molar-refractivity contribution in [3.8, 4) is 0 Å². The highest BCUT2D eigenvalue weighted by molar-refractivity contribution is 9.10. The van der Waals surface area contributed by atoms with Gasteiger partial charge in [0.1, 0.15) is 17.9 Å². The van der Waals surface area contributed by atoms with Gasteiger partial charge in [-0.1, -0.05) is 39.7 Å². The molecule has 0 radical (unpaired) electrons. The molecule has 0 aliphatic carbocycles.